The van der Waals surface area contributed by atoms with E-state index in [1.54, 1.807) is 4.31 Å². The predicted molar refractivity (Wildman–Crippen MR) is 78.0 cm³/mol. The average molecular weight is 313 g/mol. The van der Waals surface area contributed by atoms with Crippen molar-refractivity contribution in [2.24, 2.45) is 5.41 Å². The summed E-state index contributed by atoms with van der Waals surface area (Å²) < 4.78 is 26.8. The van der Waals surface area contributed by atoms with Gasteiger partial charge in [-0.3, -0.25) is 5.10 Å². The summed E-state index contributed by atoms with van der Waals surface area (Å²) in [5.41, 5.74) is 0.714. The van der Waals surface area contributed by atoms with Crippen LogP contribution in [0.3, 0.4) is 0 Å². The molecule has 3 rings (SSSR count). The van der Waals surface area contributed by atoms with Crippen LogP contribution in [0.15, 0.2) is 11.2 Å². The van der Waals surface area contributed by atoms with Gasteiger partial charge in [-0.15, -0.1) is 0 Å². The van der Waals surface area contributed by atoms with Gasteiger partial charge in [0, 0.05) is 18.7 Å². The van der Waals surface area contributed by atoms with Crippen molar-refractivity contribution in [2.75, 3.05) is 13.1 Å². The second-order valence-corrected chi connectivity index (χ2v) is 8.22. The van der Waals surface area contributed by atoms with Gasteiger partial charge in [-0.1, -0.05) is 19.3 Å². The molecule has 1 aliphatic carbocycles. The molecule has 2 aliphatic rings. The molecule has 0 amide bonds. The highest BCUT2D eigenvalue weighted by molar-refractivity contribution is 7.89. The van der Waals surface area contributed by atoms with Gasteiger partial charge >= 0.3 is 0 Å². The normalized spacial score (nSPS) is 23.5. The summed E-state index contributed by atoms with van der Waals surface area (Å²) in [6.45, 7) is 0.835. The average Bonchev–Trinajstić information content (AvgIpc) is 2.98. The lowest BCUT2D eigenvalue weighted by atomic mass is 9.68. The van der Waals surface area contributed by atoms with E-state index in [1.165, 1.54) is 38.3 Å². The fraction of sp³-hybridized carbons (Fsp3) is 0.786. The Morgan fingerprint density at radius 2 is 1.86 bits per heavy atom. The van der Waals surface area contributed by atoms with Crippen molar-refractivity contribution in [3.8, 4) is 0 Å². The number of rotatable bonds is 3. The highest BCUT2D eigenvalue weighted by atomic mass is 32.2. The molecule has 1 aliphatic heterocycles. The minimum Gasteiger partial charge on any atom is -0.392 e. The Morgan fingerprint density at radius 3 is 2.48 bits per heavy atom. The van der Waals surface area contributed by atoms with Crippen molar-refractivity contribution in [3.05, 3.63) is 11.8 Å². The number of aromatic amines is 1. The van der Waals surface area contributed by atoms with E-state index in [0.717, 1.165) is 12.8 Å². The number of aromatic nitrogens is 2. The van der Waals surface area contributed by atoms with Gasteiger partial charge in [0.25, 0.3) is 10.0 Å². The Balaban J connectivity index is 1.74. The molecular weight excluding hydrogens is 290 g/mol. The van der Waals surface area contributed by atoms with Crippen LogP contribution in [-0.2, 0) is 16.6 Å². The van der Waals surface area contributed by atoms with Gasteiger partial charge in [-0.25, -0.2) is 8.42 Å². The Labute approximate surface area is 125 Å². The van der Waals surface area contributed by atoms with Crippen LogP contribution in [0.2, 0.25) is 0 Å². The first kappa shape index (κ1) is 15.0. The molecule has 2 heterocycles. The lowest BCUT2D eigenvalue weighted by Crippen LogP contribution is -2.44. The van der Waals surface area contributed by atoms with Crippen molar-refractivity contribution in [1.82, 2.24) is 14.5 Å². The Kier molecular flexibility index (Phi) is 4.07. The van der Waals surface area contributed by atoms with Crippen LogP contribution in [0.25, 0.3) is 0 Å². The van der Waals surface area contributed by atoms with Crippen LogP contribution in [-0.4, -0.2) is 41.1 Å². The summed E-state index contributed by atoms with van der Waals surface area (Å²) in [7, 11) is -3.56. The molecule has 0 bridgehead atoms. The summed E-state index contributed by atoms with van der Waals surface area (Å²) in [5, 5.41) is 15.5. The standard InChI is InChI=1S/C14H23N3O3S/c18-11-12-10-15-16-13(12)21(19,20)17-8-6-14(7-9-17)4-2-1-3-5-14/h10,18H,1-9,11H2,(H,15,16). The molecule has 2 N–H and O–H groups in total. The van der Waals surface area contributed by atoms with Crippen LogP contribution in [0.4, 0.5) is 0 Å². The lowest BCUT2D eigenvalue weighted by molar-refractivity contribution is 0.102. The molecule has 0 radical (unpaired) electrons. The van der Waals surface area contributed by atoms with Crippen LogP contribution in [0, 0.1) is 5.41 Å². The molecule has 118 valence electrons. The van der Waals surface area contributed by atoms with Crippen molar-refractivity contribution in [3.63, 3.8) is 0 Å². The van der Waals surface area contributed by atoms with Gasteiger partial charge in [0.2, 0.25) is 0 Å². The SMILES string of the molecule is O=S(=O)(c1[nH]ncc1CO)N1CCC2(CCCCC2)CC1. The second-order valence-electron chi connectivity index (χ2n) is 6.35. The maximum Gasteiger partial charge on any atom is 0.260 e. The molecule has 1 aromatic heterocycles. The number of sulfonamides is 1. The third-order valence-corrected chi connectivity index (χ3v) is 7.06. The summed E-state index contributed by atoms with van der Waals surface area (Å²) in [6.07, 6.45) is 9.64. The van der Waals surface area contributed by atoms with Crippen molar-refractivity contribution >= 4 is 10.0 Å². The molecular formula is C14H23N3O3S. The molecule has 0 atom stereocenters. The highest BCUT2D eigenvalue weighted by Gasteiger charge is 2.39. The number of aliphatic hydroxyl groups is 1. The van der Waals surface area contributed by atoms with Gasteiger partial charge in [-0.2, -0.15) is 9.40 Å². The molecule has 21 heavy (non-hydrogen) atoms. The van der Waals surface area contributed by atoms with Crippen LogP contribution in [0.1, 0.15) is 50.5 Å². The van der Waals surface area contributed by atoms with E-state index in [-0.39, 0.29) is 11.6 Å². The minimum atomic E-state index is -3.56. The number of piperidine rings is 1. The maximum absolute atomic E-state index is 12.6. The lowest BCUT2D eigenvalue weighted by Gasteiger charge is -2.43. The van der Waals surface area contributed by atoms with E-state index in [4.69, 9.17) is 0 Å². The second kappa shape index (κ2) is 5.70. The predicted octanol–water partition coefficient (Wildman–Crippen LogP) is 1.64. The van der Waals surface area contributed by atoms with Crippen LogP contribution < -0.4 is 0 Å². The monoisotopic (exact) mass is 313 g/mol. The largest absolute Gasteiger partial charge is 0.392 e. The van der Waals surface area contributed by atoms with Crippen LogP contribution >= 0.6 is 0 Å². The Hall–Kier alpha value is -0.920. The van der Waals surface area contributed by atoms with Gasteiger partial charge in [0.15, 0.2) is 5.03 Å². The highest BCUT2D eigenvalue weighted by Crippen LogP contribution is 2.45. The Morgan fingerprint density at radius 1 is 1.19 bits per heavy atom. The molecule has 6 nitrogen and oxygen atoms in total. The van der Waals surface area contributed by atoms with Gasteiger partial charge < -0.3 is 5.11 Å². The Bertz CT molecular complexity index is 580. The molecule has 7 heteroatoms. The zero-order chi connectivity index (χ0) is 14.9. The van der Waals surface area contributed by atoms with Crippen molar-refractivity contribution in [2.45, 2.75) is 56.6 Å². The van der Waals surface area contributed by atoms with E-state index in [2.05, 4.69) is 10.2 Å². The van der Waals surface area contributed by atoms with E-state index in [0.29, 0.717) is 24.1 Å². The molecule has 1 aromatic rings. The topological polar surface area (TPSA) is 86.3 Å². The van der Waals surface area contributed by atoms with E-state index in [9.17, 15) is 13.5 Å². The number of aliphatic hydroxyl groups excluding tert-OH is 1. The van der Waals surface area contributed by atoms with E-state index < -0.39 is 10.0 Å². The summed E-state index contributed by atoms with van der Waals surface area (Å²) in [4.78, 5) is 0. The fourth-order valence-corrected chi connectivity index (χ4v) is 5.31. The minimum absolute atomic E-state index is 0.0459. The summed E-state index contributed by atoms with van der Waals surface area (Å²) in [6, 6.07) is 0. The smallest absolute Gasteiger partial charge is 0.260 e. The fourth-order valence-electron chi connectivity index (χ4n) is 3.77. The molecule has 2 fully saturated rings. The number of nitrogens with one attached hydrogen (secondary N) is 1. The first-order valence-corrected chi connectivity index (χ1v) is 9.15. The van der Waals surface area contributed by atoms with Gasteiger partial charge in [-0.05, 0) is 31.1 Å². The molecule has 1 spiro atoms. The first-order chi connectivity index (χ1) is 10.1. The van der Waals surface area contributed by atoms with Crippen molar-refractivity contribution < 1.29 is 13.5 Å². The summed E-state index contributed by atoms with van der Waals surface area (Å²) >= 11 is 0. The first-order valence-electron chi connectivity index (χ1n) is 7.71. The zero-order valence-corrected chi connectivity index (χ0v) is 13.0. The third kappa shape index (κ3) is 2.74. The number of nitrogens with zero attached hydrogens (tertiary/aromatic N) is 2. The number of H-pyrrole nitrogens is 1. The maximum atomic E-state index is 12.6. The van der Waals surface area contributed by atoms with Gasteiger partial charge in [0.1, 0.15) is 0 Å². The molecule has 0 unspecified atom stereocenters. The van der Waals surface area contributed by atoms with E-state index in [1.807, 2.05) is 0 Å². The zero-order valence-electron chi connectivity index (χ0n) is 12.2. The third-order valence-electron chi connectivity index (χ3n) is 5.14. The van der Waals surface area contributed by atoms with E-state index >= 15 is 0 Å². The van der Waals surface area contributed by atoms with Crippen molar-refractivity contribution in [1.29, 1.82) is 0 Å². The quantitative estimate of drug-likeness (QED) is 0.888. The summed E-state index contributed by atoms with van der Waals surface area (Å²) in [5.74, 6) is 0. The number of hydrogen-bond donors (Lipinski definition) is 2. The number of hydrogen-bond acceptors (Lipinski definition) is 4. The molecule has 0 aromatic carbocycles. The van der Waals surface area contributed by atoms with Gasteiger partial charge in [0.05, 0.1) is 12.8 Å². The molecule has 1 saturated carbocycles. The molecule has 1 saturated heterocycles. The van der Waals surface area contributed by atoms with Crippen LogP contribution in [0.5, 0.6) is 0 Å².